The fourth-order valence-electron chi connectivity index (χ4n) is 5.19. The van der Waals surface area contributed by atoms with Gasteiger partial charge in [-0.1, -0.05) is 39.0 Å². The Hall–Kier alpha value is -3.63. The number of nitrogens with zero attached hydrogens (tertiary/aromatic N) is 2. The Morgan fingerprint density at radius 3 is 2.24 bits per heavy atom. The summed E-state index contributed by atoms with van der Waals surface area (Å²) in [4.78, 5) is 36.0. The third kappa shape index (κ3) is 8.76. The van der Waals surface area contributed by atoms with Gasteiger partial charge in [0.1, 0.15) is 28.6 Å². The summed E-state index contributed by atoms with van der Waals surface area (Å²) >= 11 is 0. The summed E-state index contributed by atoms with van der Waals surface area (Å²) in [6.07, 6.45) is 1.17. The predicted molar refractivity (Wildman–Crippen MR) is 178 cm³/mol. The van der Waals surface area contributed by atoms with Crippen molar-refractivity contribution in [3.05, 3.63) is 66.1 Å². The van der Waals surface area contributed by atoms with Crippen LogP contribution in [0.1, 0.15) is 76.6 Å². The number of aromatic nitrogens is 2. The van der Waals surface area contributed by atoms with Crippen LogP contribution in [-0.2, 0) is 13.9 Å². The molecule has 3 aromatic rings. The molecule has 1 saturated heterocycles. The van der Waals surface area contributed by atoms with Gasteiger partial charge in [-0.15, -0.1) is 0 Å². The van der Waals surface area contributed by atoms with E-state index in [0.29, 0.717) is 49.1 Å². The van der Waals surface area contributed by atoms with Crippen LogP contribution in [0.25, 0.3) is 11.3 Å². The Bertz CT molecular complexity index is 1440. The number of methoxy groups -OCH3 is 1. The van der Waals surface area contributed by atoms with Crippen molar-refractivity contribution in [3.63, 3.8) is 0 Å². The number of H-pyrrole nitrogens is 1. The first-order chi connectivity index (χ1) is 21.1. The monoisotopic (exact) mass is 635 g/mol. The van der Waals surface area contributed by atoms with E-state index in [1.807, 2.05) is 75.4 Å². The first-order valence-corrected chi connectivity index (χ1v) is 18.6. The summed E-state index contributed by atoms with van der Waals surface area (Å²) in [6.45, 7) is 18.5. The standard InChI is InChI=1S/C35H49N3O6Si/c1-34(2,3)44-33(40)38-21-19-25(23-38)28(20-22-42-45(8,9)35(4,5)6)31-36-29(30(37-31)32(39)41-7)24-15-17-27(18-16-24)43-26-13-11-10-12-14-26/h10-18,25,28H,19-23H2,1-9H3,(H,36,37). The zero-order valence-corrected chi connectivity index (χ0v) is 29.2. The van der Waals surface area contributed by atoms with Gasteiger partial charge in [0.05, 0.1) is 7.11 Å². The number of ether oxygens (including phenoxy) is 3. The van der Waals surface area contributed by atoms with Crippen LogP contribution in [0.5, 0.6) is 11.5 Å². The third-order valence-corrected chi connectivity index (χ3v) is 13.3. The molecule has 9 nitrogen and oxygen atoms in total. The molecule has 2 heterocycles. The molecule has 2 atom stereocenters. The Morgan fingerprint density at radius 2 is 1.64 bits per heavy atom. The summed E-state index contributed by atoms with van der Waals surface area (Å²) in [6, 6.07) is 17.1. The lowest BCUT2D eigenvalue weighted by molar-refractivity contribution is 0.0285. The molecule has 10 heteroatoms. The van der Waals surface area contributed by atoms with E-state index < -0.39 is 19.9 Å². The van der Waals surface area contributed by atoms with Crippen LogP contribution in [0, 0.1) is 5.92 Å². The van der Waals surface area contributed by atoms with Crippen molar-refractivity contribution in [2.24, 2.45) is 5.92 Å². The van der Waals surface area contributed by atoms with Crippen molar-refractivity contribution in [2.75, 3.05) is 26.8 Å². The lowest BCUT2D eigenvalue weighted by Gasteiger charge is -2.36. The van der Waals surface area contributed by atoms with Gasteiger partial charge in [0.25, 0.3) is 0 Å². The minimum atomic E-state index is -1.99. The molecule has 1 aromatic heterocycles. The van der Waals surface area contributed by atoms with Gasteiger partial charge in [0, 0.05) is 31.2 Å². The average molecular weight is 636 g/mol. The second-order valence-electron chi connectivity index (χ2n) is 14.3. The highest BCUT2D eigenvalue weighted by Crippen LogP contribution is 2.39. The van der Waals surface area contributed by atoms with E-state index in [9.17, 15) is 9.59 Å². The zero-order valence-electron chi connectivity index (χ0n) is 28.2. The molecule has 0 saturated carbocycles. The maximum Gasteiger partial charge on any atom is 0.410 e. The van der Waals surface area contributed by atoms with Gasteiger partial charge in [0.15, 0.2) is 14.0 Å². The Kier molecular flexibility index (Phi) is 10.5. The van der Waals surface area contributed by atoms with E-state index >= 15 is 0 Å². The SMILES string of the molecule is COC(=O)c1[nH]c(C(CCO[Si](C)(C)C(C)(C)C)C2CCN(C(=O)OC(C)(C)C)C2)nc1-c1ccc(Oc2ccccc2)cc1. The maximum atomic E-state index is 13.0. The van der Waals surface area contributed by atoms with Crippen molar-refractivity contribution < 1.29 is 28.2 Å². The second kappa shape index (κ2) is 13.8. The highest BCUT2D eigenvalue weighted by Gasteiger charge is 2.39. The van der Waals surface area contributed by atoms with Crippen LogP contribution in [0.15, 0.2) is 54.6 Å². The van der Waals surface area contributed by atoms with Crippen LogP contribution >= 0.6 is 0 Å². The van der Waals surface area contributed by atoms with E-state index in [0.717, 1.165) is 17.7 Å². The Morgan fingerprint density at radius 1 is 1.00 bits per heavy atom. The van der Waals surface area contributed by atoms with Crippen molar-refractivity contribution in [3.8, 4) is 22.8 Å². The molecule has 1 fully saturated rings. The van der Waals surface area contributed by atoms with Crippen molar-refractivity contribution >= 4 is 20.4 Å². The second-order valence-corrected chi connectivity index (χ2v) is 19.1. The van der Waals surface area contributed by atoms with Crippen LogP contribution in [0.4, 0.5) is 4.79 Å². The fourth-order valence-corrected chi connectivity index (χ4v) is 6.25. The molecule has 45 heavy (non-hydrogen) atoms. The van der Waals surface area contributed by atoms with Crippen LogP contribution in [0.3, 0.4) is 0 Å². The molecule has 0 radical (unpaired) electrons. The largest absolute Gasteiger partial charge is 0.464 e. The summed E-state index contributed by atoms with van der Waals surface area (Å²) in [5.74, 6) is 1.62. The lowest BCUT2D eigenvalue weighted by Crippen LogP contribution is -2.41. The number of carbonyl (C=O) groups is 2. The molecule has 0 bridgehead atoms. The smallest absolute Gasteiger partial charge is 0.410 e. The number of imidazole rings is 1. The van der Waals surface area contributed by atoms with Gasteiger partial charge >= 0.3 is 12.1 Å². The summed E-state index contributed by atoms with van der Waals surface area (Å²) in [5, 5.41) is 0.0790. The quantitative estimate of drug-likeness (QED) is 0.176. The van der Waals surface area contributed by atoms with Gasteiger partial charge < -0.3 is 28.5 Å². The molecular weight excluding hydrogens is 586 g/mol. The fraction of sp³-hybridized carbons (Fsp3) is 0.514. The highest BCUT2D eigenvalue weighted by molar-refractivity contribution is 6.74. The number of nitrogens with one attached hydrogen (secondary N) is 1. The predicted octanol–water partition coefficient (Wildman–Crippen LogP) is 8.41. The molecule has 1 aliphatic rings. The van der Waals surface area contributed by atoms with E-state index in [1.165, 1.54) is 7.11 Å². The number of hydrogen-bond donors (Lipinski definition) is 1. The summed E-state index contributed by atoms with van der Waals surface area (Å²) < 4.78 is 23.4. The zero-order chi connectivity index (χ0) is 33.0. The van der Waals surface area contributed by atoms with Gasteiger partial charge in [-0.3, -0.25) is 0 Å². The summed E-state index contributed by atoms with van der Waals surface area (Å²) in [7, 11) is -0.623. The molecule has 1 N–H and O–H groups in total. The number of aromatic amines is 1. The minimum absolute atomic E-state index is 0.0790. The molecule has 1 amide bonds. The maximum absolute atomic E-state index is 13.0. The Balaban J connectivity index is 1.63. The third-order valence-electron chi connectivity index (χ3n) is 8.71. The average Bonchev–Trinajstić information content (AvgIpc) is 3.63. The van der Waals surface area contributed by atoms with E-state index in [-0.39, 0.29) is 23.0 Å². The molecule has 2 aromatic carbocycles. The van der Waals surface area contributed by atoms with E-state index in [1.54, 1.807) is 4.90 Å². The van der Waals surface area contributed by atoms with Gasteiger partial charge in [-0.25, -0.2) is 14.6 Å². The van der Waals surface area contributed by atoms with Crippen LogP contribution < -0.4 is 4.74 Å². The topological polar surface area (TPSA) is 103 Å². The Labute approximate surface area is 268 Å². The molecular formula is C35H49N3O6Si. The number of amides is 1. The molecule has 0 spiro atoms. The highest BCUT2D eigenvalue weighted by atomic mass is 28.4. The van der Waals surface area contributed by atoms with Crippen molar-refractivity contribution in [1.82, 2.24) is 14.9 Å². The normalized spacial score (nSPS) is 16.4. The van der Waals surface area contributed by atoms with Gasteiger partial charge in [-0.2, -0.15) is 0 Å². The number of rotatable bonds is 10. The van der Waals surface area contributed by atoms with Crippen molar-refractivity contribution in [2.45, 2.75) is 84.0 Å². The molecule has 0 aliphatic carbocycles. The van der Waals surface area contributed by atoms with E-state index in [2.05, 4.69) is 38.8 Å². The number of esters is 1. The number of benzene rings is 2. The van der Waals surface area contributed by atoms with Gasteiger partial charge in [-0.05, 0) is 94.1 Å². The molecule has 2 unspecified atom stereocenters. The van der Waals surface area contributed by atoms with Crippen LogP contribution in [-0.4, -0.2) is 67.7 Å². The summed E-state index contributed by atoms with van der Waals surface area (Å²) in [5.41, 5.74) is 0.997. The first-order valence-electron chi connectivity index (χ1n) is 15.7. The number of carbonyl (C=O) groups excluding carboxylic acids is 2. The number of para-hydroxylation sites is 1. The minimum Gasteiger partial charge on any atom is -0.464 e. The number of likely N-dealkylation sites (tertiary alicyclic amines) is 1. The number of hydrogen-bond acceptors (Lipinski definition) is 7. The van der Waals surface area contributed by atoms with Crippen LogP contribution in [0.2, 0.25) is 18.1 Å². The molecule has 1 aliphatic heterocycles. The molecule has 4 rings (SSSR count). The van der Waals surface area contributed by atoms with Crippen molar-refractivity contribution in [1.29, 1.82) is 0 Å². The van der Waals surface area contributed by atoms with Gasteiger partial charge in [0.2, 0.25) is 0 Å². The molecule has 244 valence electrons. The first kappa shape index (κ1) is 34.2. The lowest BCUT2D eigenvalue weighted by atomic mass is 9.88. The van der Waals surface area contributed by atoms with E-state index in [4.69, 9.17) is 23.6 Å².